The predicted octanol–water partition coefficient (Wildman–Crippen LogP) is 4.26. The number of nitrogens with two attached hydrogens (primary N) is 1. The van der Waals surface area contributed by atoms with E-state index in [0.29, 0.717) is 6.54 Å². The second kappa shape index (κ2) is 6.37. The third kappa shape index (κ3) is 2.88. The second-order valence-corrected chi connectivity index (χ2v) is 7.04. The van der Waals surface area contributed by atoms with E-state index in [1.165, 1.54) is 54.5 Å². The predicted molar refractivity (Wildman–Crippen MR) is 96.7 cm³/mol. The molecular formula is C21H26N2. The molecule has 2 bridgehead atoms. The highest BCUT2D eigenvalue weighted by Gasteiger charge is 2.36. The van der Waals surface area contributed by atoms with E-state index in [-0.39, 0.29) is 0 Å². The van der Waals surface area contributed by atoms with Crippen molar-refractivity contribution in [2.24, 2.45) is 5.73 Å². The van der Waals surface area contributed by atoms with Gasteiger partial charge >= 0.3 is 0 Å². The van der Waals surface area contributed by atoms with Crippen molar-refractivity contribution in [2.45, 2.75) is 57.2 Å². The maximum Gasteiger partial charge on any atom is 0.0374 e. The van der Waals surface area contributed by atoms with Crippen LogP contribution in [0.25, 0.3) is 0 Å². The standard InChI is InChI=1S/C21H26N2/c22-15-17-9-10-21(23-19-7-4-8-20(23)12-11-19)14-18(17)13-16-5-2-1-3-6-16/h1-3,5-6,9-10,14,19-20H,4,7-8,11-13,15,22H2/t19-,20+. The molecule has 0 saturated carbocycles. The Kier molecular flexibility index (Phi) is 4.09. The minimum atomic E-state index is 0.620. The number of benzene rings is 2. The lowest BCUT2D eigenvalue weighted by Gasteiger charge is -2.37. The van der Waals surface area contributed by atoms with Gasteiger partial charge in [-0.3, -0.25) is 0 Å². The van der Waals surface area contributed by atoms with Gasteiger partial charge in [0.2, 0.25) is 0 Å². The molecule has 2 aliphatic rings. The second-order valence-electron chi connectivity index (χ2n) is 7.04. The molecule has 2 heterocycles. The molecule has 2 aliphatic heterocycles. The summed E-state index contributed by atoms with van der Waals surface area (Å²) in [7, 11) is 0. The van der Waals surface area contributed by atoms with Gasteiger partial charge in [-0.15, -0.1) is 0 Å². The van der Waals surface area contributed by atoms with Crippen molar-refractivity contribution >= 4 is 5.69 Å². The van der Waals surface area contributed by atoms with E-state index in [4.69, 9.17) is 5.73 Å². The third-order valence-corrected chi connectivity index (χ3v) is 5.64. The fourth-order valence-corrected chi connectivity index (χ4v) is 4.49. The van der Waals surface area contributed by atoms with Crippen LogP contribution in [0.3, 0.4) is 0 Å². The fraction of sp³-hybridized carbons (Fsp3) is 0.429. The molecule has 2 aromatic carbocycles. The van der Waals surface area contributed by atoms with Crippen LogP contribution >= 0.6 is 0 Å². The zero-order chi connectivity index (χ0) is 15.6. The van der Waals surface area contributed by atoms with Gasteiger partial charge in [-0.25, -0.2) is 0 Å². The lowest BCUT2D eigenvalue weighted by molar-refractivity contribution is 0.468. The largest absolute Gasteiger partial charge is 0.366 e. The molecule has 0 aliphatic carbocycles. The summed E-state index contributed by atoms with van der Waals surface area (Å²) in [4.78, 5) is 2.71. The number of anilines is 1. The number of rotatable bonds is 4. The molecule has 2 N–H and O–H groups in total. The van der Waals surface area contributed by atoms with Gasteiger partial charge in [-0.05, 0) is 67.3 Å². The average molecular weight is 306 g/mol. The molecule has 120 valence electrons. The Labute approximate surface area is 139 Å². The average Bonchev–Trinajstić information content (AvgIpc) is 2.84. The first kappa shape index (κ1) is 14.8. The zero-order valence-electron chi connectivity index (χ0n) is 13.7. The number of fused-ring (bicyclic) bond motifs is 2. The Bertz CT molecular complexity index is 649. The van der Waals surface area contributed by atoms with Crippen molar-refractivity contribution in [1.82, 2.24) is 0 Å². The summed E-state index contributed by atoms with van der Waals surface area (Å²) in [6.45, 7) is 0.620. The molecule has 0 amide bonds. The molecule has 0 radical (unpaired) electrons. The molecule has 23 heavy (non-hydrogen) atoms. The molecule has 0 spiro atoms. The van der Waals surface area contributed by atoms with Crippen molar-refractivity contribution in [1.29, 1.82) is 0 Å². The van der Waals surface area contributed by atoms with Crippen LogP contribution in [-0.2, 0) is 13.0 Å². The Morgan fingerprint density at radius 1 is 0.870 bits per heavy atom. The number of hydrogen-bond donors (Lipinski definition) is 1. The zero-order valence-corrected chi connectivity index (χ0v) is 13.7. The van der Waals surface area contributed by atoms with E-state index < -0.39 is 0 Å². The highest BCUT2D eigenvalue weighted by Crippen LogP contribution is 2.39. The summed E-state index contributed by atoms with van der Waals surface area (Å²) < 4.78 is 0. The molecule has 0 aromatic heterocycles. The highest BCUT2D eigenvalue weighted by atomic mass is 15.2. The van der Waals surface area contributed by atoms with Crippen LogP contribution in [0.4, 0.5) is 5.69 Å². The Balaban J connectivity index is 1.66. The van der Waals surface area contributed by atoms with Crippen LogP contribution in [0.5, 0.6) is 0 Å². The molecule has 2 nitrogen and oxygen atoms in total. The number of hydrogen-bond acceptors (Lipinski definition) is 2. The van der Waals surface area contributed by atoms with E-state index in [1.54, 1.807) is 0 Å². The SMILES string of the molecule is NCc1ccc(N2[C@@H]3CCC[C@H]2CC3)cc1Cc1ccccc1. The normalized spacial score (nSPS) is 23.3. The van der Waals surface area contributed by atoms with Crippen molar-refractivity contribution in [2.75, 3.05) is 4.90 Å². The van der Waals surface area contributed by atoms with Gasteiger partial charge in [0.15, 0.2) is 0 Å². The lowest BCUT2D eigenvalue weighted by atomic mass is 9.96. The van der Waals surface area contributed by atoms with Crippen molar-refractivity contribution in [3.05, 3.63) is 65.2 Å². The minimum absolute atomic E-state index is 0.620. The lowest BCUT2D eigenvalue weighted by Crippen LogP contribution is -2.39. The number of piperidine rings is 1. The summed E-state index contributed by atoms with van der Waals surface area (Å²) >= 11 is 0. The molecule has 2 aromatic rings. The summed E-state index contributed by atoms with van der Waals surface area (Å²) in [6.07, 6.45) is 7.86. The van der Waals surface area contributed by atoms with Gasteiger partial charge in [-0.2, -0.15) is 0 Å². The van der Waals surface area contributed by atoms with E-state index in [9.17, 15) is 0 Å². The van der Waals surface area contributed by atoms with Crippen LogP contribution in [0.2, 0.25) is 0 Å². The van der Waals surface area contributed by atoms with Gasteiger partial charge in [0.1, 0.15) is 0 Å². The van der Waals surface area contributed by atoms with Crippen LogP contribution in [0.15, 0.2) is 48.5 Å². The first-order chi connectivity index (χ1) is 11.3. The molecule has 2 saturated heterocycles. The molecule has 2 atom stereocenters. The fourth-order valence-electron chi connectivity index (χ4n) is 4.49. The Morgan fingerprint density at radius 3 is 2.30 bits per heavy atom. The highest BCUT2D eigenvalue weighted by molar-refractivity contribution is 5.55. The Hall–Kier alpha value is -1.80. The monoisotopic (exact) mass is 306 g/mol. The molecule has 2 fully saturated rings. The van der Waals surface area contributed by atoms with Crippen molar-refractivity contribution in [3.63, 3.8) is 0 Å². The van der Waals surface area contributed by atoms with Crippen LogP contribution in [0, 0.1) is 0 Å². The van der Waals surface area contributed by atoms with Crippen molar-refractivity contribution in [3.8, 4) is 0 Å². The topological polar surface area (TPSA) is 29.3 Å². The minimum Gasteiger partial charge on any atom is -0.366 e. The van der Waals surface area contributed by atoms with Gasteiger partial charge in [0.05, 0.1) is 0 Å². The van der Waals surface area contributed by atoms with Crippen LogP contribution in [-0.4, -0.2) is 12.1 Å². The van der Waals surface area contributed by atoms with Crippen LogP contribution < -0.4 is 10.6 Å². The maximum atomic E-state index is 5.99. The van der Waals surface area contributed by atoms with E-state index in [2.05, 4.69) is 53.4 Å². The smallest absolute Gasteiger partial charge is 0.0374 e. The van der Waals surface area contributed by atoms with Gasteiger partial charge in [-0.1, -0.05) is 36.4 Å². The maximum absolute atomic E-state index is 5.99. The quantitative estimate of drug-likeness (QED) is 0.914. The number of nitrogens with zero attached hydrogens (tertiary/aromatic N) is 1. The summed E-state index contributed by atoms with van der Waals surface area (Å²) in [5.74, 6) is 0. The van der Waals surface area contributed by atoms with Gasteiger partial charge in [0.25, 0.3) is 0 Å². The van der Waals surface area contributed by atoms with E-state index in [1.807, 2.05) is 0 Å². The van der Waals surface area contributed by atoms with Crippen molar-refractivity contribution < 1.29 is 0 Å². The van der Waals surface area contributed by atoms with Gasteiger partial charge < -0.3 is 10.6 Å². The molecule has 0 unspecified atom stereocenters. The third-order valence-electron chi connectivity index (χ3n) is 5.64. The first-order valence-electron chi connectivity index (χ1n) is 8.99. The summed E-state index contributed by atoms with van der Waals surface area (Å²) in [6, 6.07) is 19.2. The first-order valence-corrected chi connectivity index (χ1v) is 8.99. The van der Waals surface area contributed by atoms with Gasteiger partial charge in [0, 0.05) is 24.3 Å². The Morgan fingerprint density at radius 2 is 1.61 bits per heavy atom. The van der Waals surface area contributed by atoms with Crippen LogP contribution in [0.1, 0.15) is 48.8 Å². The van der Waals surface area contributed by atoms with E-state index in [0.717, 1.165) is 18.5 Å². The summed E-state index contributed by atoms with van der Waals surface area (Å²) in [5.41, 5.74) is 11.4. The molecular weight excluding hydrogens is 280 g/mol. The summed E-state index contributed by atoms with van der Waals surface area (Å²) in [5, 5.41) is 0. The molecule has 4 rings (SSSR count). The molecule has 2 heteroatoms. The van der Waals surface area contributed by atoms with E-state index >= 15 is 0 Å².